The number of hydrogen-bond donors (Lipinski definition) is 2. The molecule has 0 saturated carbocycles. The van der Waals surface area contributed by atoms with Crippen molar-refractivity contribution in [3.63, 3.8) is 0 Å². The Morgan fingerprint density at radius 1 is 1.09 bits per heavy atom. The van der Waals surface area contributed by atoms with Gasteiger partial charge in [0.1, 0.15) is 5.75 Å². The van der Waals surface area contributed by atoms with E-state index in [2.05, 4.69) is 10.0 Å². The average molecular weight is 320 g/mol. The van der Waals surface area contributed by atoms with Crippen molar-refractivity contribution >= 4 is 21.6 Å². The molecule has 0 fully saturated rings. The molecule has 2 aromatic carbocycles. The van der Waals surface area contributed by atoms with Crippen LogP contribution >= 0.6 is 0 Å². The molecule has 2 aromatic rings. The summed E-state index contributed by atoms with van der Waals surface area (Å²) in [4.78, 5) is 11.7. The molecule has 22 heavy (non-hydrogen) atoms. The number of amides is 1. The molecule has 0 aliphatic heterocycles. The number of methoxy groups -OCH3 is 1. The molecule has 0 heterocycles. The van der Waals surface area contributed by atoms with Crippen LogP contribution in [0.3, 0.4) is 0 Å². The SMILES string of the molecule is CNC(=O)c1ccc(NS(=O)(=O)c2ccccc2)c(OC)c1. The second-order valence-corrected chi connectivity index (χ2v) is 6.10. The van der Waals surface area contributed by atoms with Crippen LogP contribution in [0.5, 0.6) is 5.75 Å². The van der Waals surface area contributed by atoms with Crippen molar-refractivity contribution in [3.8, 4) is 5.75 Å². The summed E-state index contributed by atoms with van der Waals surface area (Å²) < 4.78 is 32.2. The standard InChI is InChI=1S/C15H16N2O4S/c1-16-15(18)11-8-9-13(14(10-11)21-2)17-22(19,20)12-6-4-3-5-7-12/h3-10,17H,1-2H3,(H,16,18). The topological polar surface area (TPSA) is 84.5 Å². The zero-order valence-electron chi connectivity index (χ0n) is 12.2. The van der Waals surface area contributed by atoms with Gasteiger partial charge in [-0.2, -0.15) is 0 Å². The normalized spacial score (nSPS) is 10.8. The van der Waals surface area contributed by atoms with Gasteiger partial charge in [0.05, 0.1) is 17.7 Å². The fraction of sp³-hybridized carbons (Fsp3) is 0.133. The highest BCUT2D eigenvalue weighted by atomic mass is 32.2. The molecule has 0 atom stereocenters. The van der Waals surface area contributed by atoms with Crippen LogP contribution < -0.4 is 14.8 Å². The van der Waals surface area contributed by atoms with Gasteiger partial charge >= 0.3 is 0 Å². The third kappa shape index (κ3) is 3.37. The predicted octanol–water partition coefficient (Wildman–Crippen LogP) is 1.86. The lowest BCUT2D eigenvalue weighted by Gasteiger charge is -2.13. The Hall–Kier alpha value is -2.54. The van der Waals surface area contributed by atoms with E-state index in [9.17, 15) is 13.2 Å². The van der Waals surface area contributed by atoms with Crippen LogP contribution in [0, 0.1) is 0 Å². The van der Waals surface area contributed by atoms with Crippen LogP contribution in [0.25, 0.3) is 0 Å². The molecule has 2 N–H and O–H groups in total. The van der Waals surface area contributed by atoms with Crippen LogP contribution in [0.4, 0.5) is 5.69 Å². The van der Waals surface area contributed by atoms with Crippen LogP contribution in [-0.2, 0) is 10.0 Å². The number of anilines is 1. The molecule has 116 valence electrons. The molecule has 0 aromatic heterocycles. The number of nitrogens with one attached hydrogen (secondary N) is 2. The van der Waals surface area contributed by atoms with E-state index in [1.807, 2.05) is 0 Å². The lowest BCUT2D eigenvalue weighted by molar-refractivity contribution is 0.0963. The molecule has 0 bridgehead atoms. The summed E-state index contributed by atoms with van der Waals surface area (Å²) in [5, 5.41) is 2.49. The van der Waals surface area contributed by atoms with E-state index >= 15 is 0 Å². The first-order valence-electron chi connectivity index (χ1n) is 6.46. The molecule has 1 amide bonds. The van der Waals surface area contributed by atoms with Crippen LogP contribution in [-0.4, -0.2) is 28.5 Å². The first-order chi connectivity index (χ1) is 10.5. The van der Waals surface area contributed by atoms with Crippen molar-refractivity contribution in [2.45, 2.75) is 4.90 Å². The first-order valence-corrected chi connectivity index (χ1v) is 7.94. The van der Waals surface area contributed by atoms with Gasteiger partial charge < -0.3 is 10.1 Å². The first kappa shape index (κ1) is 15.8. The van der Waals surface area contributed by atoms with E-state index in [0.29, 0.717) is 5.56 Å². The third-order valence-corrected chi connectivity index (χ3v) is 4.37. The Morgan fingerprint density at radius 3 is 2.36 bits per heavy atom. The summed E-state index contributed by atoms with van der Waals surface area (Å²) in [6.07, 6.45) is 0. The van der Waals surface area contributed by atoms with Gasteiger partial charge in [-0.3, -0.25) is 9.52 Å². The van der Waals surface area contributed by atoms with Crippen molar-refractivity contribution in [2.75, 3.05) is 18.9 Å². The van der Waals surface area contributed by atoms with Gasteiger partial charge in [-0.25, -0.2) is 8.42 Å². The zero-order valence-corrected chi connectivity index (χ0v) is 13.0. The molecule has 0 spiro atoms. The van der Waals surface area contributed by atoms with E-state index in [4.69, 9.17) is 4.74 Å². The highest BCUT2D eigenvalue weighted by Gasteiger charge is 2.17. The molecule has 0 saturated heterocycles. The van der Waals surface area contributed by atoms with Gasteiger partial charge in [0.25, 0.3) is 15.9 Å². The summed E-state index contributed by atoms with van der Waals surface area (Å²) in [6.45, 7) is 0. The van der Waals surface area contributed by atoms with Crippen LogP contribution in [0.15, 0.2) is 53.4 Å². The minimum absolute atomic E-state index is 0.146. The molecule has 6 nitrogen and oxygen atoms in total. The molecule has 2 rings (SSSR count). The van der Waals surface area contributed by atoms with Gasteiger partial charge in [-0.15, -0.1) is 0 Å². The fourth-order valence-electron chi connectivity index (χ4n) is 1.86. The number of rotatable bonds is 5. The highest BCUT2D eigenvalue weighted by molar-refractivity contribution is 7.92. The summed E-state index contributed by atoms with van der Waals surface area (Å²) in [7, 11) is -0.794. The average Bonchev–Trinajstić information content (AvgIpc) is 2.55. The number of benzene rings is 2. The second kappa shape index (κ2) is 6.48. The summed E-state index contributed by atoms with van der Waals surface area (Å²) >= 11 is 0. The van der Waals surface area contributed by atoms with Gasteiger partial charge in [0.15, 0.2) is 0 Å². The van der Waals surface area contributed by atoms with Crippen molar-refractivity contribution in [1.29, 1.82) is 0 Å². The summed E-state index contributed by atoms with van der Waals surface area (Å²) in [6, 6.07) is 12.5. The highest BCUT2D eigenvalue weighted by Crippen LogP contribution is 2.28. The Morgan fingerprint density at radius 2 is 1.77 bits per heavy atom. The minimum atomic E-state index is -3.72. The maximum atomic E-state index is 12.3. The predicted molar refractivity (Wildman–Crippen MR) is 83.6 cm³/mol. The fourth-order valence-corrected chi connectivity index (χ4v) is 2.96. The lowest BCUT2D eigenvalue weighted by atomic mass is 10.2. The van der Waals surface area contributed by atoms with Crippen molar-refractivity contribution < 1.29 is 17.9 Å². The monoisotopic (exact) mass is 320 g/mol. The van der Waals surface area contributed by atoms with E-state index in [0.717, 1.165) is 0 Å². The van der Waals surface area contributed by atoms with E-state index in [-0.39, 0.29) is 22.2 Å². The number of carbonyl (C=O) groups is 1. The molecule has 0 aliphatic carbocycles. The van der Waals surface area contributed by atoms with Gasteiger partial charge in [0, 0.05) is 12.6 Å². The Labute approximate surface area is 129 Å². The van der Waals surface area contributed by atoms with E-state index in [1.165, 1.54) is 44.5 Å². The molecule has 7 heteroatoms. The van der Waals surface area contributed by atoms with Crippen LogP contribution in [0.2, 0.25) is 0 Å². The largest absolute Gasteiger partial charge is 0.495 e. The summed E-state index contributed by atoms with van der Waals surface area (Å²) in [5.41, 5.74) is 0.640. The van der Waals surface area contributed by atoms with Gasteiger partial charge in [0.2, 0.25) is 0 Å². The third-order valence-electron chi connectivity index (χ3n) is 2.99. The van der Waals surface area contributed by atoms with Crippen molar-refractivity contribution in [3.05, 3.63) is 54.1 Å². The molecule has 0 unspecified atom stereocenters. The van der Waals surface area contributed by atoms with Crippen LogP contribution in [0.1, 0.15) is 10.4 Å². The lowest BCUT2D eigenvalue weighted by Crippen LogP contribution is -2.18. The smallest absolute Gasteiger partial charge is 0.262 e. The number of hydrogen-bond acceptors (Lipinski definition) is 4. The molecule has 0 aliphatic rings. The minimum Gasteiger partial charge on any atom is -0.495 e. The second-order valence-electron chi connectivity index (χ2n) is 4.41. The Kier molecular flexibility index (Phi) is 4.67. The number of sulfonamides is 1. The van der Waals surface area contributed by atoms with E-state index < -0.39 is 10.0 Å². The number of carbonyl (C=O) groups excluding carboxylic acids is 1. The Balaban J connectivity index is 2.36. The zero-order chi connectivity index (χ0) is 16.2. The van der Waals surface area contributed by atoms with Crippen molar-refractivity contribution in [2.24, 2.45) is 0 Å². The quantitative estimate of drug-likeness (QED) is 0.880. The number of ether oxygens (including phenoxy) is 1. The van der Waals surface area contributed by atoms with Crippen molar-refractivity contribution in [1.82, 2.24) is 5.32 Å². The molecular formula is C15H16N2O4S. The Bertz CT molecular complexity index is 773. The maximum absolute atomic E-state index is 12.3. The molecule has 0 radical (unpaired) electrons. The molecular weight excluding hydrogens is 304 g/mol. The van der Waals surface area contributed by atoms with Gasteiger partial charge in [-0.05, 0) is 30.3 Å². The summed E-state index contributed by atoms with van der Waals surface area (Å²) in [5.74, 6) is -0.0172. The maximum Gasteiger partial charge on any atom is 0.262 e. The van der Waals surface area contributed by atoms with E-state index in [1.54, 1.807) is 18.2 Å². The van der Waals surface area contributed by atoms with Gasteiger partial charge in [-0.1, -0.05) is 18.2 Å².